The smallest absolute Gasteiger partial charge is 0.372 e. The van der Waals surface area contributed by atoms with Gasteiger partial charge in [0.25, 0.3) is 0 Å². The van der Waals surface area contributed by atoms with Crippen molar-refractivity contribution in [2.24, 2.45) is 5.92 Å². The molecule has 0 N–H and O–H groups in total. The van der Waals surface area contributed by atoms with E-state index < -0.39 is 12.8 Å². The largest absolute Gasteiger partial charge is 0.411 e. The lowest BCUT2D eigenvalue weighted by Gasteiger charge is -2.34. The predicted octanol–water partition coefficient (Wildman–Crippen LogP) is 3.06. The van der Waals surface area contributed by atoms with Crippen molar-refractivity contribution in [3.63, 3.8) is 0 Å². The lowest BCUT2D eigenvalue weighted by molar-refractivity contribution is -0.174. The fraction of sp³-hybridized carbons (Fsp3) is 1.00. The highest BCUT2D eigenvalue weighted by molar-refractivity contribution is 9.09. The Morgan fingerprint density at radius 3 is 2.53 bits per heavy atom. The van der Waals surface area contributed by atoms with Crippen LogP contribution in [0.2, 0.25) is 0 Å². The number of hydrogen-bond acceptors (Lipinski definition) is 2. The second-order valence-corrected chi connectivity index (χ2v) is 6.01. The van der Waals surface area contributed by atoms with Crippen LogP contribution in [-0.2, 0) is 4.74 Å². The molecular formula is C11H19BrF3NO. The van der Waals surface area contributed by atoms with Gasteiger partial charge in [0.1, 0.15) is 6.61 Å². The van der Waals surface area contributed by atoms with Gasteiger partial charge < -0.3 is 9.64 Å². The van der Waals surface area contributed by atoms with Crippen molar-refractivity contribution >= 4 is 15.9 Å². The normalized spacial score (nSPS) is 25.1. The van der Waals surface area contributed by atoms with E-state index in [0.29, 0.717) is 11.2 Å². The summed E-state index contributed by atoms with van der Waals surface area (Å²) in [6.45, 7) is 0.864. The molecule has 0 aliphatic heterocycles. The zero-order valence-electron chi connectivity index (χ0n) is 9.97. The van der Waals surface area contributed by atoms with E-state index in [4.69, 9.17) is 0 Å². The van der Waals surface area contributed by atoms with Gasteiger partial charge in [-0.2, -0.15) is 13.2 Å². The molecule has 1 aliphatic carbocycles. The summed E-state index contributed by atoms with van der Waals surface area (Å²) in [4.78, 5) is 2.83. The minimum atomic E-state index is -4.21. The summed E-state index contributed by atoms with van der Waals surface area (Å²) in [5, 5.41) is 0. The molecular weight excluding hydrogens is 299 g/mol. The van der Waals surface area contributed by atoms with Crippen molar-refractivity contribution in [3.05, 3.63) is 0 Å². The Morgan fingerprint density at radius 2 is 2.00 bits per heavy atom. The topological polar surface area (TPSA) is 12.5 Å². The number of ether oxygens (including phenoxy) is 1. The van der Waals surface area contributed by atoms with E-state index in [1.807, 2.05) is 7.05 Å². The molecule has 2 nitrogen and oxygen atoms in total. The molecule has 0 radical (unpaired) electrons. The molecule has 0 amide bonds. The third-order valence-electron chi connectivity index (χ3n) is 2.84. The van der Waals surface area contributed by atoms with Crippen molar-refractivity contribution in [2.45, 2.75) is 30.3 Å². The summed E-state index contributed by atoms with van der Waals surface area (Å²) in [7, 11) is 2.01. The average molecular weight is 318 g/mol. The van der Waals surface area contributed by atoms with Gasteiger partial charge in [-0.1, -0.05) is 15.9 Å². The van der Waals surface area contributed by atoms with Crippen LogP contribution in [0.1, 0.15) is 19.3 Å². The number of alkyl halides is 4. The molecule has 1 fully saturated rings. The minimum absolute atomic E-state index is 0.176. The number of hydrogen-bond donors (Lipinski definition) is 0. The maximum absolute atomic E-state index is 11.8. The zero-order valence-corrected chi connectivity index (χ0v) is 11.6. The van der Waals surface area contributed by atoms with Crippen LogP contribution in [0, 0.1) is 5.92 Å². The molecule has 0 aromatic heterocycles. The fourth-order valence-electron chi connectivity index (χ4n) is 1.96. The van der Waals surface area contributed by atoms with Gasteiger partial charge in [0, 0.05) is 24.5 Å². The first-order valence-electron chi connectivity index (χ1n) is 5.84. The fourth-order valence-corrected chi connectivity index (χ4v) is 3.02. The van der Waals surface area contributed by atoms with Crippen LogP contribution >= 0.6 is 15.9 Å². The van der Waals surface area contributed by atoms with Gasteiger partial charge in [0.05, 0.1) is 0 Å². The summed E-state index contributed by atoms with van der Waals surface area (Å²) in [6.07, 6.45) is -1.15. The quantitative estimate of drug-likeness (QED) is 0.528. The first-order chi connectivity index (χ1) is 7.87. The molecule has 6 heteroatoms. The second kappa shape index (κ2) is 6.95. The van der Waals surface area contributed by atoms with E-state index in [0.717, 1.165) is 19.0 Å². The van der Waals surface area contributed by atoms with Crippen molar-refractivity contribution < 1.29 is 17.9 Å². The maximum Gasteiger partial charge on any atom is 0.411 e. The molecule has 1 saturated carbocycles. The number of nitrogens with zero attached hydrogens (tertiary/aromatic N) is 1. The SMILES string of the molecule is CN(CCCOCC(F)(F)F)CC1CC(Br)C1. The standard InChI is InChI=1S/C11H19BrF3NO/c1-16(7-9-5-10(12)6-9)3-2-4-17-8-11(13,14)15/h9-10H,2-8H2,1H3. The van der Waals surface area contributed by atoms with Crippen molar-refractivity contribution in [1.29, 1.82) is 0 Å². The third kappa shape index (κ3) is 7.26. The van der Waals surface area contributed by atoms with E-state index >= 15 is 0 Å². The van der Waals surface area contributed by atoms with E-state index in [1.165, 1.54) is 12.8 Å². The van der Waals surface area contributed by atoms with Crippen LogP contribution in [0.15, 0.2) is 0 Å². The lowest BCUT2D eigenvalue weighted by Crippen LogP contribution is -2.35. The van der Waals surface area contributed by atoms with Gasteiger partial charge in [-0.15, -0.1) is 0 Å². The van der Waals surface area contributed by atoms with Gasteiger partial charge in [-0.05, 0) is 32.2 Å². The van der Waals surface area contributed by atoms with Crippen molar-refractivity contribution in [2.75, 3.05) is 33.4 Å². The molecule has 17 heavy (non-hydrogen) atoms. The predicted molar refractivity (Wildman–Crippen MR) is 64.4 cm³/mol. The molecule has 0 spiro atoms. The van der Waals surface area contributed by atoms with E-state index in [9.17, 15) is 13.2 Å². The van der Waals surface area contributed by atoms with Crippen LogP contribution in [-0.4, -0.2) is 49.3 Å². The molecule has 0 unspecified atom stereocenters. The molecule has 0 aromatic carbocycles. The van der Waals surface area contributed by atoms with Crippen LogP contribution < -0.4 is 0 Å². The van der Waals surface area contributed by atoms with E-state index in [2.05, 4.69) is 25.6 Å². The van der Waals surface area contributed by atoms with Crippen molar-refractivity contribution in [1.82, 2.24) is 4.90 Å². The lowest BCUT2D eigenvalue weighted by atomic mass is 9.85. The zero-order chi connectivity index (χ0) is 12.9. The van der Waals surface area contributed by atoms with Crippen LogP contribution in [0.5, 0.6) is 0 Å². The second-order valence-electron chi connectivity index (χ2n) is 4.72. The molecule has 0 atom stereocenters. The van der Waals surface area contributed by atoms with Gasteiger partial charge in [-0.3, -0.25) is 0 Å². The van der Waals surface area contributed by atoms with Gasteiger partial charge in [0.15, 0.2) is 0 Å². The highest BCUT2D eigenvalue weighted by Crippen LogP contribution is 2.33. The Balaban J connectivity index is 1.92. The Hall–Kier alpha value is 0.190. The first kappa shape index (κ1) is 15.2. The number of rotatable bonds is 7. The summed E-state index contributed by atoms with van der Waals surface area (Å²) < 4.78 is 39.8. The third-order valence-corrected chi connectivity index (χ3v) is 3.59. The van der Waals surface area contributed by atoms with Crippen LogP contribution in [0.25, 0.3) is 0 Å². The summed E-state index contributed by atoms with van der Waals surface area (Å²) in [5.41, 5.74) is 0. The molecule has 0 bridgehead atoms. The Morgan fingerprint density at radius 1 is 1.35 bits per heavy atom. The maximum atomic E-state index is 11.8. The highest BCUT2D eigenvalue weighted by atomic mass is 79.9. The molecule has 1 rings (SSSR count). The Kier molecular flexibility index (Phi) is 6.23. The van der Waals surface area contributed by atoms with Gasteiger partial charge in [0.2, 0.25) is 0 Å². The highest BCUT2D eigenvalue weighted by Gasteiger charge is 2.28. The van der Waals surface area contributed by atoms with Crippen LogP contribution in [0.4, 0.5) is 13.2 Å². The average Bonchev–Trinajstić information content (AvgIpc) is 2.13. The molecule has 0 aromatic rings. The van der Waals surface area contributed by atoms with E-state index in [-0.39, 0.29) is 6.61 Å². The monoisotopic (exact) mass is 317 g/mol. The van der Waals surface area contributed by atoms with Crippen molar-refractivity contribution in [3.8, 4) is 0 Å². The summed E-state index contributed by atoms with van der Waals surface area (Å²) in [5.74, 6) is 0.737. The van der Waals surface area contributed by atoms with E-state index in [1.54, 1.807) is 0 Å². The minimum Gasteiger partial charge on any atom is -0.372 e. The van der Waals surface area contributed by atoms with Gasteiger partial charge >= 0.3 is 6.18 Å². The van der Waals surface area contributed by atoms with Gasteiger partial charge in [-0.25, -0.2) is 0 Å². The van der Waals surface area contributed by atoms with Crippen LogP contribution in [0.3, 0.4) is 0 Å². The summed E-state index contributed by atoms with van der Waals surface area (Å²) >= 11 is 3.54. The molecule has 102 valence electrons. The Bertz CT molecular complexity index is 219. The first-order valence-corrected chi connectivity index (χ1v) is 6.75. The molecule has 0 saturated heterocycles. The molecule has 0 heterocycles. The molecule has 1 aliphatic rings. The number of halogens is 4. The summed E-state index contributed by atoms with van der Waals surface area (Å²) in [6, 6.07) is 0. The Labute approximate surface area is 109 Å².